The van der Waals surface area contributed by atoms with Crippen molar-refractivity contribution in [3.8, 4) is 0 Å². The molecule has 1 N–H and O–H groups in total. The Morgan fingerprint density at radius 3 is 2.56 bits per heavy atom. The van der Waals surface area contributed by atoms with Crippen LogP contribution in [-0.4, -0.2) is 82.0 Å². The predicted molar refractivity (Wildman–Crippen MR) is 181 cm³/mol. The van der Waals surface area contributed by atoms with Crippen LogP contribution in [0.2, 0.25) is 30.7 Å². The molecular formula is C34H46ClN5O4Si. The minimum Gasteiger partial charge on any atom is -0.444 e. The lowest BCUT2D eigenvalue weighted by Crippen LogP contribution is -2.51. The van der Waals surface area contributed by atoms with Crippen molar-refractivity contribution in [3.63, 3.8) is 0 Å². The first kappa shape index (κ1) is 33.3. The summed E-state index contributed by atoms with van der Waals surface area (Å²) in [6, 6.07) is 10.7. The SMILES string of the molecule is Cc1c(C(O)C2=Cc3cccnc3[C@@H](N3CCN(C(=O)OC(C)(C)C)CC3)c3ccc(Cl)cc32)ncn1COCC[Si](C)(C)C. The molecule has 0 saturated carbocycles. The Kier molecular flexibility index (Phi) is 9.91. The Balaban J connectivity index is 1.45. The molecule has 1 aliphatic heterocycles. The van der Waals surface area contributed by atoms with Gasteiger partial charge in [0.25, 0.3) is 0 Å². The second-order valence-corrected chi connectivity index (χ2v) is 20.2. The van der Waals surface area contributed by atoms with Gasteiger partial charge >= 0.3 is 6.09 Å². The number of piperazine rings is 1. The van der Waals surface area contributed by atoms with Gasteiger partial charge in [-0.05, 0) is 80.3 Å². The molecule has 1 aromatic carbocycles. The van der Waals surface area contributed by atoms with Crippen LogP contribution in [0.25, 0.3) is 11.6 Å². The summed E-state index contributed by atoms with van der Waals surface area (Å²) in [5, 5.41) is 12.6. The number of fused-ring (bicyclic) bond motifs is 2. The van der Waals surface area contributed by atoms with Gasteiger partial charge in [0.1, 0.15) is 18.4 Å². The molecule has 1 aliphatic carbocycles. The van der Waals surface area contributed by atoms with Gasteiger partial charge in [-0.3, -0.25) is 9.88 Å². The number of pyridine rings is 1. The number of carbonyl (C=O) groups is 1. The van der Waals surface area contributed by atoms with Gasteiger partial charge in [0.15, 0.2) is 0 Å². The van der Waals surface area contributed by atoms with Crippen LogP contribution < -0.4 is 0 Å². The van der Waals surface area contributed by atoms with Crippen LogP contribution in [-0.2, 0) is 16.2 Å². The summed E-state index contributed by atoms with van der Waals surface area (Å²) < 4.78 is 13.6. The molecular weight excluding hydrogens is 606 g/mol. The monoisotopic (exact) mass is 651 g/mol. The average molecular weight is 652 g/mol. The molecule has 242 valence electrons. The largest absolute Gasteiger partial charge is 0.444 e. The third kappa shape index (κ3) is 7.86. The van der Waals surface area contributed by atoms with Crippen molar-refractivity contribution in [2.24, 2.45) is 0 Å². The van der Waals surface area contributed by atoms with Crippen LogP contribution in [0, 0.1) is 6.92 Å². The summed E-state index contributed by atoms with van der Waals surface area (Å²) in [6.45, 7) is 18.1. The van der Waals surface area contributed by atoms with E-state index in [0.29, 0.717) is 55.8 Å². The van der Waals surface area contributed by atoms with Crippen LogP contribution in [0.15, 0.2) is 42.9 Å². The summed E-state index contributed by atoms with van der Waals surface area (Å²) in [5.41, 5.74) is 5.27. The quantitative estimate of drug-likeness (QED) is 0.212. The van der Waals surface area contributed by atoms with E-state index in [-0.39, 0.29) is 12.1 Å². The molecule has 45 heavy (non-hydrogen) atoms. The highest BCUT2D eigenvalue weighted by atomic mass is 35.5. The second kappa shape index (κ2) is 13.4. The Labute approximate surface area is 272 Å². The van der Waals surface area contributed by atoms with Gasteiger partial charge in [-0.15, -0.1) is 0 Å². The fourth-order valence-electron chi connectivity index (χ4n) is 5.82. The number of aliphatic hydroxyl groups excluding tert-OH is 1. The molecule has 2 aliphatic rings. The number of hydrogen-bond acceptors (Lipinski definition) is 7. The van der Waals surface area contributed by atoms with Crippen LogP contribution in [0.4, 0.5) is 4.79 Å². The topological polar surface area (TPSA) is 93.0 Å². The Morgan fingerprint density at radius 1 is 1.13 bits per heavy atom. The zero-order valence-electron chi connectivity index (χ0n) is 27.5. The highest BCUT2D eigenvalue weighted by Crippen LogP contribution is 2.44. The Morgan fingerprint density at radius 2 is 1.87 bits per heavy atom. The normalized spacial score (nSPS) is 18.1. The van der Waals surface area contributed by atoms with Crippen molar-refractivity contribution in [2.75, 3.05) is 32.8 Å². The Hall–Kier alpha value is -3.02. The van der Waals surface area contributed by atoms with Crippen molar-refractivity contribution in [1.29, 1.82) is 0 Å². The van der Waals surface area contributed by atoms with Crippen molar-refractivity contribution < 1.29 is 19.4 Å². The first-order valence-corrected chi connectivity index (χ1v) is 19.8. The maximum absolute atomic E-state index is 12.8. The molecule has 1 amide bonds. The molecule has 3 aromatic rings. The van der Waals surface area contributed by atoms with E-state index in [9.17, 15) is 9.90 Å². The summed E-state index contributed by atoms with van der Waals surface area (Å²) in [5.74, 6) is 0. The van der Waals surface area contributed by atoms with E-state index in [4.69, 9.17) is 26.1 Å². The molecule has 1 fully saturated rings. The standard InChI is InChI=1S/C34H46ClN5O4Si/c1-23-29(37-21-40(23)22-43-17-18-45(5,6)7)32(41)28-19-24-9-8-12-36-30(24)31(26-11-10-25(35)20-27(26)28)38-13-15-39(16-14-38)33(42)44-34(2,3)4/h8-12,19-21,31-32,41H,13-18,22H2,1-7H3/t31-,32?/m0/s1. The smallest absolute Gasteiger partial charge is 0.410 e. The number of halogens is 1. The zero-order valence-corrected chi connectivity index (χ0v) is 29.3. The molecule has 11 heteroatoms. The third-order valence-corrected chi connectivity index (χ3v) is 10.3. The van der Waals surface area contributed by atoms with E-state index in [1.807, 2.05) is 74.9 Å². The summed E-state index contributed by atoms with van der Waals surface area (Å²) >= 11 is 6.61. The molecule has 9 nitrogen and oxygen atoms in total. The van der Waals surface area contributed by atoms with Crippen molar-refractivity contribution in [1.82, 2.24) is 24.3 Å². The summed E-state index contributed by atoms with van der Waals surface area (Å²) in [6.07, 6.45) is 4.27. The van der Waals surface area contributed by atoms with Gasteiger partial charge in [0.05, 0.1) is 23.8 Å². The third-order valence-electron chi connectivity index (χ3n) is 8.31. The number of hydrogen-bond donors (Lipinski definition) is 1. The van der Waals surface area contributed by atoms with E-state index in [1.54, 1.807) is 11.2 Å². The molecule has 5 rings (SSSR count). The van der Waals surface area contributed by atoms with Gasteiger partial charge in [0, 0.05) is 57.8 Å². The average Bonchev–Trinajstić information content (AvgIpc) is 3.26. The van der Waals surface area contributed by atoms with E-state index < -0.39 is 19.8 Å². The number of nitrogens with zero attached hydrogens (tertiary/aromatic N) is 5. The molecule has 2 atom stereocenters. The lowest BCUT2D eigenvalue weighted by Gasteiger charge is -2.40. The van der Waals surface area contributed by atoms with E-state index >= 15 is 0 Å². The first-order chi connectivity index (χ1) is 21.2. The molecule has 0 radical (unpaired) electrons. The number of rotatable bonds is 8. The van der Waals surface area contributed by atoms with Crippen LogP contribution in [0.3, 0.4) is 0 Å². The first-order valence-electron chi connectivity index (χ1n) is 15.7. The van der Waals surface area contributed by atoms with E-state index in [1.165, 1.54) is 0 Å². The van der Waals surface area contributed by atoms with Crippen molar-refractivity contribution in [2.45, 2.75) is 77.9 Å². The van der Waals surface area contributed by atoms with Crippen molar-refractivity contribution >= 4 is 37.4 Å². The van der Waals surface area contributed by atoms with Crippen molar-refractivity contribution in [3.05, 3.63) is 81.7 Å². The second-order valence-electron chi connectivity index (χ2n) is 14.2. The van der Waals surface area contributed by atoms with Crippen LogP contribution in [0.5, 0.6) is 0 Å². The molecule has 3 heterocycles. The van der Waals surface area contributed by atoms with Gasteiger partial charge in [-0.25, -0.2) is 9.78 Å². The number of aliphatic hydroxyl groups is 1. The maximum Gasteiger partial charge on any atom is 0.410 e. The number of carbonyl (C=O) groups excluding carboxylic acids is 1. The Bertz CT molecular complexity index is 1550. The predicted octanol–water partition coefficient (Wildman–Crippen LogP) is 6.78. The number of ether oxygens (including phenoxy) is 2. The molecule has 0 bridgehead atoms. The number of amides is 1. The molecule has 2 aromatic heterocycles. The molecule has 1 saturated heterocycles. The van der Waals surface area contributed by atoms with E-state index in [0.717, 1.165) is 34.1 Å². The number of imidazole rings is 1. The fourth-order valence-corrected chi connectivity index (χ4v) is 6.75. The highest BCUT2D eigenvalue weighted by Gasteiger charge is 2.36. The summed E-state index contributed by atoms with van der Waals surface area (Å²) in [7, 11) is -1.19. The lowest BCUT2D eigenvalue weighted by atomic mass is 9.90. The summed E-state index contributed by atoms with van der Waals surface area (Å²) in [4.78, 5) is 26.4. The van der Waals surface area contributed by atoms with E-state index in [2.05, 4.69) is 29.5 Å². The van der Waals surface area contributed by atoms with Gasteiger partial charge in [-0.1, -0.05) is 43.4 Å². The van der Waals surface area contributed by atoms with Crippen LogP contribution >= 0.6 is 11.6 Å². The minimum atomic E-state index is -1.19. The lowest BCUT2D eigenvalue weighted by molar-refractivity contribution is 0.0118. The van der Waals surface area contributed by atoms with Gasteiger partial charge in [0.2, 0.25) is 0 Å². The van der Waals surface area contributed by atoms with Gasteiger partial charge < -0.3 is 24.0 Å². The highest BCUT2D eigenvalue weighted by molar-refractivity contribution is 6.76. The minimum absolute atomic E-state index is 0.200. The van der Waals surface area contributed by atoms with Crippen LogP contribution in [0.1, 0.15) is 66.7 Å². The maximum atomic E-state index is 12.8. The molecule has 1 unspecified atom stereocenters. The number of aromatic nitrogens is 3. The van der Waals surface area contributed by atoms with Gasteiger partial charge in [-0.2, -0.15) is 0 Å². The molecule has 0 spiro atoms. The zero-order chi connectivity index (χ0) is 32.5. The number of benzene rings is 1. The fraction of sp³-hybridized carbons (Fsp3) is 0.500.